The van der Waals surface area contributed by atoms with E-state index in [1.807, 2.05) is 59.9 Å². The molecule has 6 nitrogen and oxygen atoms in total. The van der Waals surface area contributed by atoms with Crippen LogP contribution in [0.5, 0.6) is 5.88 Å². The minimum Gasteiger partial charge on any atom is -0.494 e. The summed E-state index contributed by atoms with van der Waals surface area (Å²) in [5.41, 5.74) is 2.65. The summed E-state index contributed by atoms with van der Waals surface area (Å²) in [6.45, 7) is 3.78. The summed E-state index contributed by atoms with van der Waals surface area (Å²) >= 11 is 6.31. The Labute approximate surface area is 222 Å². The molecule has 4 aromatic rings. The molecule has 7 heteroatoms. The Balaban J connectivity index is 1.09. The SMILES string of the molecule is O=C(c1cccc(-n2cc3cccc(Cl)c3c2O)c1)N1CCC(C2CCN(c3ccncc3)CC2)CC1. The standard InChI is InChI=1S/C30H31ClN4O2/c31-27-6-2-4-24-20-35(30(37)28(24)27)26-5-1-3-23(19-26)29(36)34-17-11-22(12-18-34)21-9-15-33(16-10-21)25-7-13-32-14-8-25/h1-8,13-14,19-22,37H,9-12,15-18H2. The molecule has 1 N–H and O–H groups in total. The summed E-state index contributed by atoms with van der Waals surface area (Å²) in [6, 6.07) is 17.2. The summed E-state index contributed by atoms with van der Waals surface area (Å²) in [7, 11) is 0. The minimum absolute atomic E-state index is 0.0574. The third-order valence-corrected chi connectivity index (χ3v) is 8.51. The van der Waals surface area contributed by atoms with Crippen molar-refractivity contribution >= 4 is 34.0 Å². The smallest absolute Gasteiger partial charge is 0.253 e. The van der Waals surface area contributed by atoms with Gasteiger partial charge in [0.15, 0.2) is 0 Å². The first-order valence-electron chi connectivity index (χ1n) is 13.1. The van der Waals surface area contributed by atoms with Crippen molar-refractivity contribution in [3.05, 3.63) is 83.8 Å². The Kier molecular flexibility index (Phi) is 6.51. The number of aromatic hydroxyl groups is 1. The van der Waals surface area contributed by atoms with Crippen LogP contribution in [-0.2, 0) is 0 Å². The van der Waals surface area contributed by atoms with Gasteiger partial charge in [0.05, 0.1) is 10.4 Å². The number of amides is 1. The van der Waals surface area contributed by atoms with Gasteiger partial charge in [-0.15, -0.1) is 0 Å². The molecule has 0 bridgehead atoms. The topological polar surface area (TPSA) is 61.6 Å². The van der Waals surface area contributed by atoms with Crippen molar-refractivity contribution in [1.82, 2.24) is 14.5 Å². The van der Waals surface area contributed by atoms with Gasteiger partial charge in [0.1, 0.15) is 0 Å². The highest BCUT2D eigenvalue weighted by Crippen LogP contribution is 2.36. The number of piperidine rings is 2. The average molecular weight is 515 g/mol. The van der Waals surface area contributed by atoms with Crippen LogP contribution in [0.2, 0.25) is 5.02 Å². The van der Waals surface area contributed by atoms with Crippen molar-refractivity contribution < 1.29 is 9.90 Å². The van der Waals surface area contributed by atoms with Crippen LogP contribution in [0, 0.1) is 11.8 Å². The van der Waals surface area contributed by atoms with Gasteiger partial charge in [-0.25, -0.2) is 0 Å². The second kappa shape index (κ2) is 10.1. The quantitative estimate of drug-likeness (QED) is 0.354. The van der Waals surface area contributed by atoms with Crippen molar-refractivity contribution in [2.24, 2.45) is 11.8 Å². The van der Waals surface area contributed by atoms with E-state index in [1.54, 1.807) is 10.6 Å². The second-order valence-corrected chi connectivity index (χ2v) is 10.6. The number of rotatable bonds is 4. The number of carbonyl (C=O) groups excluding carboxylic acids is 1. The zero-order valence-corrected chi connectivity index (χ0v) is 21.5. The number of pyridine rings is 1. The van der Waals surface area contributed by atoms with Gasteiger partial charge >= 0.3 is 0 Å². The van der Waals surface area contributed by atoms with Gasteiger partial charge in [-0.2, -0.15) is 0 Å². The van der Waals surface area contributed by atoms with Gasteiger partial charge in [-0.05, 0) is 73.9 Å². The number of carbonyl (C=O) groups is 1. The zero-order chi connectivity index (χ0) is 25.4. The lowest BCUT2D eigenvalue weighted by molar-refractivity contribution is 0.0645. The fraction of sp³-hybridized carbons (Fsp3) is 0.333. The fourth-order valence-corrected chi connectivity index (χ4v) is 6.40. The van der Waals surface area contributed by atoms with E-state index in [2.05, 4.69) is 22.0 Å². The molecule has 37 heavy (non-hydrogen) atoms. The molecular formula is C30H31ClN4O2. The Morgan fingerprint density at radius 1 is 0.865 bits per heavy atom. The normalized spacial score (nSPS) is 17.4. The Morgan fingerprint density at radius 2 is 1.54 bits per heavy atom. The molecule has 2 saturated heterocycles. The van der Waals surface area contributed by atoms with E-state index in [9.17, 15) is 9.90 Å². The van der Waals surface area contributed by atoms with Gasteiger partial charge in [0.25, 0.3) is 5.91 Å². The first-order chi connectivity index (χ1) is 18.1. The molecule has 1 amide bonds. The second-order valence-electron chi connectivity index (χ2n) is 10.2. The van der Waals surface area contributed by atoms with Gasteiger partial charge in [0, 0.05) is 67.1 Å². The van der Waals surface area contributed by atoms with E-state index in [1.165, 1.54) is 18.5 Å². The number of hydrogen-bond acceptors (Lipinski definition) is 4. The van der Waals surface area contributed by atoms with Crippen molar-refractivity contribution in [2.75, 3.05) is 31.1 Å². The highest BCUT2D eigenvalue weighted by molar-refractivity contribution is 6.36. The molecular weight excluding hydrogens is 484 g/mol. The molecule has 2 aliphatic heterocycles. The third kappa shape index (κ3) is 4.66. The van der Waals surface area contributed by atoms with Gasteiger partial charge < -0.3 is 14.9 Å². The summed E-state index contributed by atoms with van der Waals surface area (Å²) < 4.78 is 1.69. The van der Waals surface area contributed by atoms with Crippen LogP contribution in [0.1, 0.15) is 36.0 Å². The summed E-state index contributed by atoms with van der Waals surface area (Å²) in [6.07, 6.45) is 10.1. The highest BCUT2D eigenvalue weighted by Gasteiger charge is 2.31. The number of anilines is 1. The summed E-state index contributed by atoms with van der Waals surface area (Å²) in [5, 5.41) is 12.8. The number of aromatic nitrogens is 2. The predicted octanol–water partition coefficient (Wildman–Crippen LogP) is 6.15. The molecule has 190 valence electrons. The lowest BCUT2D eigenvalue weighted by atomic mass is 9.78. The lowest BCUT2D eigenvalue weighted by Gasteiger charge is -2.40. The molecule has 2 aliphatic rings. The van der Waals surface area contributed by atoms with Crippen LogP contribution in [0.3, 0.4) is 0 Å². The molecule has 0 radical (unpaired) electrons. The van der Waals surface area contributed by atoms with E-state index >= 15 is 0 Å². The molecule has 0 spiro atoms. The summed E-state index contributed by atoms with van der Waals surface area (Å²) in [5.74, 6) is 1.56. The Bertz CT molecular complexity index is 1400. The van der Waals surface area contributed by atoms with E-state index in [-0.39, 0.29) is 11.8 Å². The molecule has 0 unspecified atom stereocenters. The fourth-order valence-electron chi connectivity index (χ4n) is 6.13. The van der Waals surface area contributed by atoms with Crippen LogP contribution in [-0.4, -0.2) is 51.6 Å². The number of likely N-dealkylation sites (tertiary alicyclic amines) is 1. The monoisotopic (exact) mass is 514 g/mol. The van der Waals surface area contributed by atoms with E-state index < -0.39 is 0 Å². The minimum atomic E-state index is 0.0574. The van der Waals surface area contributed by atoms with Crippen LogP contribution < -0.4 is 4.90 Å². The zero-order valence-electron chi connectivity index (χ0n) is 20.8. The van der Waals surface area contributed by atoms with Gasteiger partial charge in [-0.3, -0.25) is 14.3 Å². The molecule has 0 saturated carbocycles. The molecule has 0 aliphatic carbocycles. The molecule has 2 aromatic carbocycles. The molecule has 4 heterocycles. The van der Waals surface area contributed by atoms with E-state index in [0.717, 1.165) is 56.0 Å². The Morgan fingerprint density at radius 3 is 2.24 bits per heavy atom. The number of halogens is 1. The van der Waals surface area contributed by atoms with Gasteiger partial charge in [-0.1, -0.05) is 29.8 Å². The van der Waals surface area contributed by atoms with Crippen molar-refractivity contribution in [3.8, 4) is 11.6 Å². The maximum absolute atomic E-state index is 13.4. The maximum atomic E-state index is 13.4. The predicted molar refractivity (Wildman–Crippen MR) is 148 cm³/mol. The molecule has 0 atom stereocenters. The van der Waals surface area contributed by atoms with E-state index in [0.29, 0.717) is 21.9 Å². The van der Waals surface area contributed by atoms with E-state index in [4.69, 9.17) is 11.6 Å². The number of hydrogen-bond donors (Lipinski definition) is 1. The van der Waals surface area contributed by atoms with Crippen molar-refractivity contribution in [2.45, 2.75) is 25.7 Å². The molecule has 2 fully saturated rings. The molecule has 6 rings (SSSR count). The van der Waals surface area contributed by atoms with Crippen LogP contribution in [0.25, 0.3) is 16.5 Å². The largest absolute Gasteiger partial charge is 0.494 e. The van der Waals surface area contributed by atoms with Crippen molar-refractivity contribution in [1.29, 1.82) is 0 Å². The third-order valence-electron chi connectivity index (χ3n) is 8.20. The maximum Gasteiger partial charge on any atom is 0.253 e. The van der Waals surface area contributed by atoms with Crippen molar-refractivity contribution in [3.63, 3.8) is 0 Å². The van der Waals surface area contributed by atoms with Crippen LogP contribution >= 0.6 is 11.6 Å². The Hall–Kier alpha value is -3.51. The van der Waals surface area contributed by atoms with Crippen LogP contribution in [0.4, 0.5) is 5.69 Å². The number of fused-ring (bicyclic) bond motifs is 1. The van der Waals surface area contributed by atoms with Gasteiger partial charge in [0.2, 0.25) is 5.88 Å². The average Bonchev–Trinajstić information content (AvgIpc) is 3.31. The number of benzene rings is 2. The number of nitrogens with zero attached hydrogens (tertiary/aromatic N) is 4. The lowest BCUT2D eigenvalue weighted by Crippen LogP contribution is -2.42. The summed E-state index contributed by atoms with van der Waals surface area (Å²) in [4.78, 5) is 22.0. The van der Waals surface area contributed by atoms with Crippen LogP contribution in [0.15, 0.2) is 73.2 Å². The first kappa shape index (κ1) is 23.9. The highest BCUT2D eigenvalue weighted by atomic mass is 35.5. The first-order valence-corrected chi connectivity index (χ1v) is 13.5. The molecule has 2 aromatic heterocycles.